The van der Waals surface area contributed by atoms with E-state index in [1.54, 1.807) is 13.8 Å². The van der Waals surface area contributed by atoms with E-state index in [1.165, 1.54) is 0 Å². The van der Waals surface area contributed by atoms with Gasteiger partial charge in [0.15, 0.2) is 0 Å². The quantitative estimate of drug-likeness (QED) is 0.587. The third kappa shape index (κ3) is 7.65. The second-order valence-corrected chi connectivity index (χ2v) is 4.52. The third-order valence-corrected chi connectivity index (χ3v) is 2.39. The topological polar surface area (TPSA) is 55.8 Å². The molecule has 0 bridgehead atoms. The molecule has 0 aromatic heterocycles. The smallest absolute Gasteiger partial charge is 0.309 e. The van der Waals surface area contributed by atoms with Gasteiger partial charge in [0.05, 0.1) is 18.6 Å². The number of carboxylic acids is 1. The maximum atomic E-state index is 10.8. The van der Waals surface area contributed by atoms with E-state index < -0.39 is 11.4 Å². The first-order chi connectivity index (χ1) is 7.50. The van der Waals surface area contributed by atoms with Crippen molar-refractivity contribution in [1.29, 1.82) is 0 Å². The van der Waals surface area contributed by atoms with Crippen LogP contribution in [0.1, 0.15) is 40.0 Å². The molecule has 4 heteroatoms. The van der Waals surface area contributed by atoms with E-state index in [1.807, 2.05) is 0 Å². The molecule has 0 fully saturated rings. The number of carbonyl (C=O) groups is 1. The van der Waals surface area contributed by atoms with Crippen LogP contribution in [0, 0.1) is 5.41 Å². The van der Waals surface area contributed by atoms with Gasteiger partial charge in [0, 0.05) is 13.2 Å². The first-order valence-electron chi connectivity index (χ1n) is 5.89. The molecule has 0 aromatic rings. The lowest BCUT2D eigenvalue weighted by molar-refractivity contribution is -0.147. The van der Waals surface area contributed by atoms with E-state index in [-0.39, 0.29) is 0 Å². The third-order valence-electron chi connectivity index (χ3n) is 2.39. The summed E-state index contributed by atoms with van der Waals surface area (Å²) < 4.78 is 10.6. The molecule has 0 aliphatic rings. The van der Waals surface area contributed by atoms with Crippen molar-refractivity contribution in [3.8, 4) is 0 Å². The van der Waals surface area contributed by atoms with Crippen LogP contribution in [-0.4, -0.2) is 37.5 Å². The first kappa shape index (κ1) is 15.4. The summed E-state index contributed by atoms with van der Waals surface area (Å²) in [5.74, 6) is -0.751. The Kier molecular flexibility index (Phi) is 8.21. The van der Waals surface area contributed by atoms with Crippen LogP contribution in [-0.2, 0) is 14.3 Å². The number of hydrogen-bond donors (Lipinski definition) is 1. The van der Waals surface area contributed by atoms with Gasteiger partial charge < -0.3 is 14.6 Å². The van der Waals surface area contributed by atoms with Crippen LogP contribution < -0.4 is 0 Å². The van der Waals surface area contributed by atoms with E-state index in [0.29, 0.717) is 26.2 Å². The van der Waals surface area contributed by atoms with Gasteiger partial charge in [0.25, 0.3) is 0 Å². The molecule has 0 atom stereocenters. The Morgan fingerprint density at radius 3 is 2.19 bits per heavy atom. The predicted molar refractivity (Wildman–Crippen MR) is 62.6 cm³/mol. The van der Waals surface area contributed by atoms with Crippen molar-refractivity contribution in [2.24, 2.45) is 5.41 Å². The van der Waals surface area contributed by atoms with Crippen LogP contribution in [0.2, 0.25) is 0 Å². The lowest BCUT2D eigenvalue weighted by atomic mass is 9.88. The monoisotopic (exact) mass is 232 g/mol. The first-order valence-corrected chi connectivity index (χ1v) is 5.89. The largest absolute Gasteiger partial charge is 0.481 e. The lowest BCUT2D eigenvalue weighted by Gasteiger charge is -2.18. The van der Waals surface area contributed by atoms with Crippen LogP contribution >= 0.6 is 0 Å². The minimum absolute atomic E-state index is 0.591. The Morgan fingerprint density at radius 1 is 1.12 bits per heavy atom. The summed E-state index contributed by atoms with van der Waals surface area (Å²) in [6.45, 7) is 8.12. The summed E-state index contributed by atoms with van der Waals surface area (Å²) in [6, 6.07) is 0. The van der Waals surface area contributed by atoms with Gasteiger partial charge in [-0.05, 0) is 33.1 Å². The van der Waals surface area contributed by atoms with Crippen molar-refractivity contribution < 1.29 is 19.4 Å². The molecule has 0 unspecified atom stereocenters. The standard InChI is InChI=1S/C12H24O4/c1-4-7-15-9-10-16-8-5-6-12(2,3)11(13)14/h4-10H2,1-3H3,(H,13,14). The zero-order chi connectivity index (χ0) is 12.4. The Hall–Kier alpha value is -0.610. The molecule has 0 aromatic carbocycles. The predicted octanol–water partition coefficient (Wildman–Crippen LogP) is 2.32. The summed E-state index contributed by atoms with van der Waals surface area (Å²) >= 11 is 0. The summed E-state index contributed by atoms with van der Waals surface area (Å²) in [6.07, 6.45) is 2.43. The van der Waals surface area contributed by atoms with Gasteiger partial charge in [-0.25, -0.2) is 0 Å². The zero-order valence-corrected chi connectivity index (χ0v) is 10.6. The fourth-order valence-corrected chi connectivity index (χ4v) is 1.19. The fraction of sp³-hybridized carbons (Fsp3) is 0.917. The molecule has 0 saturated carbocycles. The van der Waals surface area contributed by atoms with Crippen molar-refractivity contribution in [1.82, 2.24) is 0 Å². The number of rotatable bonds is 10. The molecule has 1 N–H and O–H groups in total. The zero-order valence-electron chi connectivity index (χ0n) is 10.6. The highest BCUT2D eigenvalue weighted by molar-refractivity contribution is 5.73. The highest BCUT2D eigenvalue weighted by atomic mass is 16.5. The number of aliphatic carboxylic acids is 1. The summed E-state index contributed by atoms with van der Waals surface area (Å²) in [5.41, 5.74) is -0.651. The molecule has 0 saturated heterocycles. The maximum Gasteiger partial charge on any atom is 0.309 e. The molecular weight excluding hydrogens is 208 g/mol. The summed E-state index contributed by atoms with van der Waals surface area (Å²) in [7, 11) is 0. The van der Waals surface area contributed by atoms with Gasteiger partial charge in [-0.1, -0.05) is 6.92 Å². The van der Waals surface area contributed by atoms with Gasteiger partial charge in [-0.15, -0.1) is 0 Å². The maximum absolute atomic E-state index is 10.8. The van der Waals surface area contributed by atoms with E-state index in [9.17, 15) is 4.79 Å². The lowest BCUT2D eigenvalue weighted by Crippen LogP contribution is -2.24. The van der Waals surface area contributed by atoms with E-state index >= 15 is 0 Å². The molecule has 96 valence electrons. The second-order valence-electron chi connectivity index (χ2n) is 4.52. The summed E-state index contributed by atoms with van der Waals surface area (Å²) in [5, 5.41) is 8.88. The molecule has 0 rings (SSSR count). The van der Waals surface area contributed by atoms with Crippen LogP contribution in [0.25, 0.3) is 0 Å². The minimum atomic E-state index is -0.751. The van der Waals surface area contributed by atoms with Crippen LogP contribution in [0.3, 0.4) is 0 Å². The molecule has 16 heavy (non-hydrogen) atoms. The second kappa shape index (κ2) is 8.53. The average molecular weight is 232 g/mol. The van der Waals surface area contributed by atoms with Crippen LogP contribution in [0.15, 0.2) is 0 Å². The molecule has 0 aliphatic heterocycles. The van der Waals surface area contributed by atoms with Crippen molar-refractivity contribution in [2.45, 2.75) is 40.0 Å². The Balaban J connectivity index is 3.30. The van der Waals surface area contributed by atoms with Gasteiger partial charge >= 0.3 is 5.97 Å². The van der Waals surface area contributed by atoms with Gasteiger partial charge in [-0.2, -0.15) is 0 Å². The Morgan fingerprint density at radius 2 is 1.69 bits per heavy atom. The molecule has 0 heterocycles. The number of carboxylic acid groups (broad SMARTS) is 1. The van der Waals surface area contributed by atoms with Crippen molar-refractivity contribution >= 4 is 5.97 Å². The molecule has 4 nitrogen and oxygen atoms in total. The minimum Gasteiger partial charge on any atom is -0.481 e. The van der Waals surface area contributed by atoms with Gasteiger partial charge in [-0.3, -0.25) is 4.79 Å². The molecule has 0 radical (unpaired) electrons. The van der Waals surface area contributed by atoms with E-state index in [0.717, 1.165) is 19.4 Å². The molecule has 0 aliphatic carbocycles. The highest BCUT2D eigenvalue weighted by Crippen LogP contribution is 2.22. The average Bonchev–Trinajstić information content (AvgIpc) is 2.21. The van der Waals surface area contributed by atoms with Crippen molar-refractivity contribution in [3.05, 3.63) is 0 Å². The van der Waals surface area contributed by atoms with Crippen molar-refractivity contribution in [2.75, 3.05) is 26.4 Å². The Labute approximate surface area is 97.9 Å². The van der Waals surface area contributed by atoms with Gasteiger partial charge in [0.2, 0.25) is 0 Å². The number of hydrogen-bond acceptors (Lipinski definition) is 3. The fourth-order valence-electron chi connectivity index (χ4n) is 1.19. The van der Waals surface area contributed by atoms with Crippen LogP contribution in [0.4, 0.5) is 0 Å². The highest BCUT2D eigenvalue weighted by Gasteiger charge is 2.25. The van der Waals surface area contributed by atoms with Crippen molar-refractivity contribution in [3.63, 3.8) is 0 Å². The Bertz CT molecular complexity index is 189. The molecule has 0 spiro atoms. The summed E-state index contributed by atoms with van der Waals surface area (Å²) in [4.78, 5) is 10.8. The molecular formula is C12H24O4. The van der Waals surface area contributed by atoms with Gasteiger partial charge in [0.1, 0.15) is 0 Å². The number of ether oxygens (including phenoxy) is 2. The van der Waals surface area contributed by atoms with Crippen LogP contribution in [0.5, 0.6) is 0 Å². The molecule has 0 amide bonds. The SMILES string of the molecule is CCCOCCOCCCC(C)(C)C(=O)O. The normalized spacial score (nSPS) is 11.7. The van der Waals surface area contributed by atoms with E-state index in [2.05, 4.69) is 6.92 Å². The van der Waals surface area contributed by atoms with E-state index in [4.69, 9.17) is 14.6 Å².